The summed E-state index contributed by atoms with van der Waals surface area (Å²) in [6.07, 6.45) is 1.05. The predicted molar refractivity (Wildman–Crippen MR) is 85.7 cm³/mol. The van der Waals surface area contributed by atoms with Gasteiger partial charge in [-0.1, -0.05) is 12.1 Å². The molecular formula is C17H20N4O3. The summed E-state index contributed by atoms with van der Waals surface area (Å²) in [5.74, 6) is 2.41. The van der Waals surface area contributed by atoms with Crippen LogP contribution in [0.2, 0.25) is 0 Å². The zero-order chi connectivity index (χ0) is 16.5. The van der Waals surface area contributed by atoms with E-state index in [9.17, 15) is 4.79 Å². The number of fused-ring (bicyclic) bond motifs is 1. The van der Waals surface area contributed by atoms with Crippen LogP contribution < -0.4 is 4.74 Å². The van der Waals surface area contributed by atoms with Crippen LogP contribution in [0.3, 0.4) is 0 Å². The molecule has 2 aliphatic rings. The lowest BCUT2D eigenvalue weighted by Gasteiger charge is -2.31. The molecule has 2 aromatic rings. The van der Waals surface area contributed by atoms with E-state index in [1.807, 2.05) is 24.0 Å². The number of rotatable bonds is 3. The molecule has 0 radical (unpaired) electrons. The summed E-state index contributed by atoms with van der Waals surface area (Å²) in [7, 11) is 0. The molecule has 2 aliphatic heterocycles. The number of hydrogen-bond donors (Lipinski definition) is 1. The second-order valence-electron chi connectivity index (χ2n) is 6.20. The number of H-pyrrole nitrogens is 1. The Morgan fingerprint density at radius 3 is 3.17 bits per heavy atom. The third-order valence-electron chi connectivity index (χ3n) is 4.43. The molecule has 126 valence electrons. The van der Waals surface area contributed by atoms with Crippen molar-refractivity contribution in [3.8, 4) is 5.75 Å². The van der Waals surface area contributed by atoms with Crippen molar-refractivity contribution in [2.45, 2.75) is 25.9 Å². The van der Waals surface area contributed by atoms with E-state index in [1.54, 1.807) is 0 Å². The Hall–Kier alpha value is -2.41. The molecule has 3 heterocycles. The lowest BCUT2D eigenvalue weighted by atomic mass is 10.1. The number of amides is 1. The van der Waals surface area contributed by atoms with Crippen molar-refractivity contribution in [3.63, 3.8) is 0 Å². The molecular weight excluding hydrogens is 308 g/mol. The smallest absolute Gasteiger partial charge is 0.227 e. The Morgan fingerprint density at radius 1 is 1.42 bits per heavy atom. The molecule has 1 saturated heterocycles. The van der Waals surface area contributed by atoms with E-state index in [0.717, 1.165) is 30.2 Å². The van der Waals surface area contributed by atoms with Gasteiger partial charge in [0.25, 0.3) is 0 Å². The predicted octanol–water partition coefficient (Wildman–Crippen LogP) is 1.19. The standard InChI is InChI=1S/C17H20N4O3/c1-11-18-17(20-19-11)15-10-21(5-7-24-15)16(22)9-12-2-3-14-13(8-12)4-6-23-14/h2-3,8,15H,4-7,9-10H2,1H3,(H,18,19,20)/t15-/m1/s1. The summed E-state index contributed by atoms with van der Waals surface area (Å²) in [4.78, 5) is 18.8. The van der Waals surface area contributed by atoms with E-state index in [-0.39, 0.29) is 12.0 Å². The minimum Gasteiger partial charge on any atom is -0.493 e. The van der Waals surface area contributed by atoms with E-state index < -0.39 is 0 Å². The largest absolute Gasteiger partial charge is 0.493 e. The number of ether oxygens (including phenoxy) is 2. The monoisotopic (exact) mass is 328 g/mol. The number of carbonyl (C=O) groups excluding carboxylic acids is 1. The van der Waals surface area contributed by atoms with Gasteiger partial charge in [0.1, 0.15) is 17.7 Å². The van der Waals surface area contributed by atoms with Crippen LogP contribution in [0.15, 0.2) is 18.2 Å². The Kier molecular flexibility index (Phi) is 3.93. The highest BCUT2D eigenvalue weighted by atomic mass is 16.5. The normalized spacial score (nSPS) is 19.9. The third-order valence-corrected chi connectivity index (χ3v) is 4.43. The van der Waals surface area contributed by atoms with Gasteiger partial charge in [-0.15, -0.1) is 0 Å². The Bertz CT molecular complexity index is 758. The summed E-state index contributed by atoms with van der Waals surface area (Å²) in [5.41, 5.74) is 2.22. The van der Waals surface area contributed by atoms with E-state index in [0.29, 0.717) is 31.9 Å². The maximum Gasteiger partial charge on any atom is 0.227 e. The fourth-order valence-electron chi connectivity index (χ4n) is 3.17. The topological polar surface area (TPSA) is 80.3 Å². The number of aryl methyl sites for hydroxylation is 1. The van der Waals surface area contributed by atoms with Crippen molar-refractivity contribution < 1.29 is 14.3 Å². The molecule has 0 unspecified atom stereocenters. The molecule has 7 heteroatoms. The van der Waals surface area contributed by atoms with Crippen LogP contribution in [0, 0.1) is 6.92 Å². The Balaban J connectivity index is 1.42. The van der Waals surface area contributed by atoms with Gasteiger partial charge in [0.2, 0.25) is 5.91 Å². The highest BCUT2D eigenvalue weighted by Gasteiger charge is 2.28. The highest BCUT2D eigenvalue weighted by molar-refractivity contribution is 5.79. The molecule has 0 aliphatic carbocycles. The molecule has 0 spiro atoms. The van der Waals surface area contributed by atoms with Crippen LogP contribution in [0.1, 0.15) is 28.9 Å². The molecule has 0 saturated carbocycles. The van der Waals surface area contributed by atoms with Gasteiger partial charge in [-0.2, -0.15) is 5.10 Å². The van der Waals surface area contributed by atoms with Crippen molar-refractivity contribution >= 4 is 5.91 Å². The molecule has 0 bridgehead atoms. The maximum absolute atomic E-state index is 12.6. The number of hydrogen-bond acceptors (Lipinski definition) is 5. The second-order valence-corrected chi connectivity index (χ2v) is 6.20. The van der Waals surface area contributed by atoms with Gasteiger partial charge in [0, 0.05) is 13.0 Å². The second kappa shape index (κ2) is 6.24. The van der Waals surface area contributed by atoms with Crippen molar-refractivity contribution in [2.24, 2.45) is 0 Å². The SMILES string of the molecule is Cc1nc([C@H]2CN(C(=O)Cc3ccc4c(c3)CCO4)CCO2)n[nH]1. The Labute approximate surface area is 140 Å². The van der Waals surface area contributed by atoms with E-state index in [4.69, 9.17) is 9.47 Å². The van der Waals surface area contributed by atoms with Crippen molar-refractivity contribution in [2.75, 3.05) is 26.3 Å². The van der Waals surface area contributed by atoms with Crippen LogP contribution >= 0.6 is 0 Å². The van der Waals surface area contributed by atoms with Crippen LogP contribution in [0.5, 0.6) is 5.75 Å². The van der Waals surface area contributed by atoms with Gasteiger partial charge in [-0.3, -0.25) is 9.89 Å². The average molecular weight is 328 g/mol. The molecule has 1 aromatic heterocycles. The zero-order valence-electron chi connectivity index (χ0n) is 13.6. The lowest BCUT2D eigenvalue weighted by Crippen LogP contribution is -2.43. The zero-order valence-corrected chi connectivity index (χ0v) is 13.6. The first-order valence-electron chi connectivity index (χ1n) is 8.22. The summed E-state index contributed by atoms with van der Waals surface area (Å²) in [6.45, 7) is 4.17. The van der Waals surface area contributed by atoms with Gasteiger partial charge >= 0.3 is 0 Å². The lowest BCUT2D eigenvalue weighted by molar-refractivity contribution is -0.138. The first-order chi connectivity index (χ1) is 11.7. The summed E-state index contributed by atoms with van der Waals surface area (Å²) in [5, 5.41) is 6.96. The highest BCUT2D eigenvalue weighted by Crippen LogP contribution is 2.26. The van der Waals surface area contributed by atoms with Crippen LogP contribution in [-0.2, 0) is 22.4 Å². The molecule has 1 fully saturated rings. The summed E-state index contributed by atoms with van der Waals surface area (Å²) in [6, 6.07) is 6.01. The quantitative estimate of drug-likeness (QED) is 0.915. The van der Waals surface area contributed by atoms with Crippen molar-refractivity contribution in [1.82, 2.24) is 20.1 Å². The van der Waals surface area contributed by atoms with Gasteiger partial charge in [0.15, 0.2) is 5.82 Å². The van der Waals surface area contributed by atoms with Gasteiger partial charge in [-0.05, 0) is 24.1 Å². The average Bonchev–Trinajstić information content (AvgIpc) is 3.23. The number of aromatic nitrogens is 3. The fraction of sp³-hybridized carbons (Fsp3) is 0.471. The molecule has 1 atom stereocenters. The molecule has 1 N–H and O–H groups in total. The van der Waals surface area contributed by atoms with Crippen molar-refractivity contribution in [1.29, 1.82) is 0 Å². The van der Waals surface area contributed by atoms with E-state index in [2.05, 4.69) is 21.2 Å². The van der Waals surface area contributed by atoms with Crippen LogP contribution in [-0.4, -0.2) is 52.3 Å². The first kappa shape index (κ1) is 15.1. The first-order valence-corrected chi connectivity index (χ1v) is 8.22. The van der Waals surface area contributed by atoms with Crippen molar-refractivity contribution in [3.05, 3.63) is 41.0 Å². The fourth-order valence-corrected chi connectivity index (χ4v) is 3.17. The number of nitrogens with one attached hydrogen (secondary N) is 1. The van der Waals surface area contributed by atoms with Crippen LogP contribution in [0.25, 0.3) is 0 Å². The minimum absolute atomic E-state index is 0.106. The molecule has 1 amide bonds. The Morgan fingerprint density at radius 2 is 2.33 bits per heavy atom. The molecule has 7 nitrogen and oxygen atoms in total. The number of carbonyl (C=O) groups is 1. The summed E-state index contributed by atoms with van der Waals surface area (Å²) >= 11 is 0. The number of aromatic amines is 1. The van der Waals surface area contributed by atoms with Crippen LogP contribution in [0.4, 0.5) is 0 Å². The molecule has 1 aromatic carbocycles. The third kappa shape index (κ3) is 2.99. The van der Waals surface area contributed by atoms with Gasteiger partial charge < -0.3 is 14.4 Å². The molecule has 4 rings (SSSR count). The van der Waals surface area contributed by atoms with E-state index >= 15 is 0 Å². The number of nitrogens with zero attached hydrogens (tertiary/aromatic N) is 3. The summed E-state index contributed by atoms with van der Waals surface area (Å²) < 4.78 is 11.2. The van der Waals surface area contributed by atoms with Gasteiger partial charge in [0.05, 0.1) is 26.2 Å². The molecule has 24 heavy (non-hydrogen) atoms. The number of morpholine rings is 1. The van der Waals surface area contributed by atoms with Gasteiger partial charge in [-0.25, -0.2) is 4.98 Å². The minimum atomic E-state index is -0.263. The van der Waals surface area contributed by atoms with E-state index in [1.165, 1.54) is 5.56 Å². The maximum atomic E-state index is 12.6. The number of benzene rings is 1.